The van der Waals surface area contributed by atoms with Gasteiger partial charge in [0.15, 0.2) is 0 Å². The minimum atomic E-state index is 0.0861. The molecule has 0 aliphatic carbocycles. The number of hydrogen-bond donors (Lipinski definition) is 0. The first-order valence-electron chi connectivity index (χ1n) is 6.98. The van der Waals surface area contributed by atoms with Crippen molar-refractivity contribution in [1.29, 1.82) is 0 Å². The van der Waals surface area contributed by atoms with E-state index in [1.54, 1.807) is 12.4 Å². The van der Waals surface area contributed by atoms with Crippen LogP contribution in [-0.2, 0) is 0 Å². The number of nitrogens with zero attached hydrogens (tertiary/aromatic N) is 2. The number of benzene rings is 1. The van der Waals surface area contributed by atoms with Crippen LogP contribution in [0, 0.1) is 13.8 Å². The van der Waals surface area contributed by atoms with Crippen molar-refractivity contribution >= 4 is 11.6 Å². The predicted molar refractivity (Wildman–Crippen MR) is 80.0 cm³/mol. The van der Waals surface area contributed by atoms with Gasteiger partial charge in [-0.25, -0.2) is 0 Å². The molecule has 0 N–H and O–H groups in total. The second kappa shape index (κ2) is 4.75. The Labute approximate surface area is 119 Å². The topological polar surface area (TPSA) is 33.2 Å². The second-order valence-corrected chi connectivity index (χ2v) is 5.33. The van der Waals surface area contributed by atoms with Gasteiger partial charge in [-0.15, -0.1) is 0 Å². The fourth-order valence-electron chi connectivity index (χ4n) is 2.91. The summed E-state index contributed by atoms with van der Waals surface area (Å²) in [6.45, 7) is 6.27. The molecule has 1 unspecified atom stereocenters. The fourth-order valence-corrected chi connectivity index (χ4v) is 2.91. The minimum absolute atomic E-state index is 0.0861. The molecule has 0 bridgehead atoms. The molecule has 1 atom stereocenters. The third-order valence-corrected chi connectivity index (χ3v) is 4.10. The van der Waals surface area contributed by atoms with Gasteiger partial charge in [-0.1, -0.05) is 13.0 Å². The Balaban J connectivity index is 2.14. The molecule has 102 valence electrons. The van der Waals surface area contributed by atoms with Crippen LogP contribution in [0.5, 0.6) is 0 Å². The Morgan fingerprint density at radius 3 is 2.65 bits per heavy atom. The fraction of sp³-hybridized carbons (Fsp3) is 0.294. The lowest BCUT2D eigenvalue weighted by Gasteiger charge is -2.24. The van der Waals surface area contributed by atoms with E-state index >= 15 is 0 Å². The maximum absolute atomic E-state index is 12.7. The lowest BCUT2D eigenvalue weighted by atomic mass is 9.97. The first-order chi connectivity index (χ1) is 9.63. The molecule has 3 nitrogen and oxygen atoms in total. The Kier molecular flexibility index (Phi) is 3.05. The van der Waals surface area contributed by atoms with Crippen LogP contribution in [0.1, 0.15) is 46.4 Å². The quantitative estimate of drug-likeness (QED) is 0.828. The lowest BCUT2D eigenvalue weighted by molar-refractivity contribution is 0.0990. The van der Waals surface area contributed by atoms with Crippen LogP contribution in [-0.4, -0.2) is 10.9 Å². The number of aryl methyl sites for hydroxylation is 2. The lowest BCUT2D eigenvalue weighted by Crippen LogP contribution is -2.27. The summed E-state index contributed by atoms with van der Waals surface area (Å²) in [7, 11) is 0. The first-order valence-corrected chi connectivity index (χ1v) is 6.98. The molecular formula is C17H18N2O. The van der Waals surface area contributed by atoms with Crippen LogP contribution < -0.4 is 4.90 Å². The second-order valence-electron chi connectivity index (χ2n) is 5.33. The van der Waals surface area contributed by atoms with Gasteiger partial charge in [0.2, 0.25) is 0 Å². The van der Waals surface area contributed by atoms with Gasteiger partial charge in [0.25, 0.3) is 5.91 Å². The van der Waals surface area contributed by atoms with Crippen LogP contribution in [0.2, 0.25) is 0 Å². The van der Waals surface area contributed by atoms with Gasteiger partial charge < -0.3 is 0 Å². The summed E-state index contributed by atoms with van der Waals surface area (Å²) < 4.78 is 0. The Morgan fingerprint density at radius 1 is 1.25 bits per heavy atom. The zero-order valence-electron chi connectivity index (χ0n) is 12.1. The molecule has 1 aliphatic heterocycles. The predicted octanol–water partition coefficient (Wildman–Crippen LogP) is 3.81. The number of fused-ring (bicyclic) bond motifs is 1. The van der Waals surface area contributed by atoms with E-state index in [9.17, 15) is 4.79 Å². The number of rotatable bonds is 2. The monoisotopic (exact) mass is 266 g/mol. The molecule has 0 spiro atoms. The Hall–Kier alpha value is -2.16. The third-order valence-electron chi connectivity index (χ3n) is 4.10. The van der Waals surface area contributed by atoms with Crippen molar-refractivity contribution in [2.75, 3.05) is 4.90 Å². The van der Waals surface area contributed by atoms with Crippen molar-refractivity contribution in [3.05, 3.63) is 58.9 Å². The molecule has 0 saturated carbocycles. The largest absolute Gasteiger partial charge is 0.299 e. The van der Waals surface area contributed by atoms with Crippen molar-refractivity contribution < 1.29 is 4.79 Å². The van der Waals surface area contributed by atoms with E-state index < -0.39 is 0 Å². The van der Waals surface area contributed by atoms with E-state index in [1.165, 1.54) is 11.1 Å². The maximum Gasteiger partial charge on any atom is 0.259 e. The smallest absolute Gasteiger partial charge is 0.259 e. The summed E-state index contributed by atoms with van der Waals surface area (Å²) in [5.74, 6) is 0.0861. The molecular weight excluding hydrogens is 248 g/mol. The molecule has 1 aromatic heterocycles. The third kappa shape index (κ3) is 1.82. The van der Waals surface area contributed by atoms with E-state index in [-0.39, 0.29) is 11.9 Å². The molecule has 1 aliphatic rings. The summed E-state index contributed by atoms with van der Waals surface area (Å²) in [6.07, 6.45) is 4.38. The first kappa shape index (κ1) is 12.9. The van der Waals surface area contributed by atoms with Crippen molar-refractivity contribution in [2.24, 2.45) is 0 Å². The van der Waals surface area contributed by atoms with Crippen LogP contribution in [0.3, 0.4) is 0 Å². The van der Waals surface area contributed by atoms with Crippen molar-refractivity contribution in [3.63, 3.8) is 0 Å². The molecule has 0 saturated heterocycles. The van der Waals surface area contributed by atoms with Crippen molar-refractivity contribution in [2.45, 2.75) is 33.2 Å². The molecule has 0 fully saturated rings. The van der Waals surface area contributed by atoms with Crippen LogP contribution in [0.4, 0.5) is 5.69 Å². The summed E-state index contributed by atoms with van der Waals surface area (Å²) in [4.78, 5) is 18.7. The SMILES string of the molecule is CCC1c2cc(C)c(C)cc2C(=O)N1c1cccnc1. The summed E-state index contributed by atoms with van der Waals surface area (Å²) >= 11 is 0. The van der Waals surface area contributed by atoms with E-state index in [0.29, 0.717) is 0 Å². The number of carbonyl (C=O) groups excluding carboxylic acids is 1. The highest BCUT2D eigenvalue weighted by Gasteiger charge is 2.36. The van der Waals surface area contributed by atoms with Gasteiger partial charge in [-0.3, -0.25) is 14.7 Å². The summed E-state index contributed by atoms with van der Waals surface area (Å²) in [5, 5.41) is 0. The van der Waals surface area contributed by atoms with Crippen molar-refractivity contribution in [1.82, 2.24) is 4.98 Å². The van der Waals surface area contributed by atoms with E-state index in [0.717, 1.165) is 23.2 Å². The molecule has 0 radical (unpaired) electrons. The van der Waals surface area contributed by atoms with E-state index in [2.05, 4.69) is 31.8 Å². The van der Waals surface area contributed by atoms with Gasteiger partial charge in [-0.2, -0.15) is 0 Å². The molecule has 1 amide bonds. The highest BCUT2D eigenvalue weighted by atomic mass is 16.2. The van der Waals surface area contributed by atoms with Crippen LogP contribution in [0.25, 0.3) is 0 Å². The number of amides is 1. The van der Waals surface area contributed by atoms with Crippen LogP contribution >= 0.6 is 0 Å². The molecule has 3 heteroatoms. The van der Waals surface area contributed by atoms with E-state index in [1.807, 2.05) is 23.1 Å². The highest BCUT2D eigenvalue weighted by Crippen LogP contribution is 2.40. The number of hydrogen-bond acceptors (Lipinski definition) is 2. The Bertz CT molecular complexity index is 664. The standard InChI is InChI=1S/C17H18N2O/c1-4-16-14-8-11(2)12(3)9-15(14)17(20)19(16)13-6-5-7-18-10-13/h5-10,16H,4H2,1-3H3. The zero-order valence-corrected chi connectivity index (χ0v) is 12.1. The summed E-state index contributed by atoms with van der Waals surface area (Å²) in [5.41, 5.74) is 5.26. The Morgan fingerprint density at radius 2 is 2.00 bits per heavy atom. The number of aromatic nitrogens is 1. The molecule has 2 heterocycles. The molecule has 3 rings (SSSR count). The van der Waals surface area contributed by atoms with Crippen LogP contribution in [0.15, 0.2) is 36.7 Å². The number of anilines is 1. The van der Waals surface area contributed by atoms with Gasteiger partial charge >= 0.3 is 0 Å². The molecule has 2 aromatic rings. The summed E-state index contributed by atoms with van der Waals surface area (Å²) in [6, 6.07) is 8.11. The van der Waals surface area contributed by atoms with E-state index in [4.69, 9.17) is 0 Å². The van der Waals surface area contributed by atoms with Gasteiger partial charge in [-0.05, 0) is 55.2 Å². The van der Waals surface area contributed by atoms with Gasteiger partial charge in [0.05, 0.1) is 17.9 Å². The normalized spacial score (nSPS) is 17.4. The number of pyridine rings is 1. The molecule has 20 heavy (non-hydrogen) atoms. The van der Waals surface area contributed by atoms with Gasteiger partial charge in [0.1, 0.15) is 0 Å². The highest BCUT2D eigenvalue weighted by molar-refractivity contribution is 6.11. The zero-order chi connectivity index (χ0) is 14.3. The average molecular weight is 266 g/mol. The maximum atomic E-state index is 12.7. The van der Waals surface area contributed by atoms with Gasteiger partial charge in [0, 0.05) is 11.8 Å². The number of carbonyl (C=O) groups is 1. The molecule has 1 aromatic carbocycles. The minimum Gasteiger partial charge on any atom is -0.299 e. The average Bonchev–Trinajstić information content (AvgIpc) is 2.73. The van der Waals surface area contributed by atoms with Crippen molar-refractivity contribution in [3.8, 4) is 0 Å².